The molecule has 0 bridgehead atoms. The van der Waals surface area contributed by atoms with E-state index < -0.39 is 23.2 Å². The van der Waals surface area contributed by atoms with Gasteiger partial charge in [-0.2, -0.15) is 0 Å². The molecule has 1 fully saturated rings. The second-order valence-electron chi connectivity index (χ2n) is 5.37. The zero-order valence-corrected chi connectivity index (χ0v) is 10.9. The largest absolute Gasteiger partial charge is 0.459 e. The van der Waals surface area contributed by atoms with Gasteiger partial charge in [0.05, 0.1) is 5.92 Å². The summed E-state index contributed by atoms with van der Waals surface area (Å²) in [5.41, 5.74) is 0.109. The van der Waals surface area contributed by atoms with E-state index in [-0.39, 0.29) is 17.5 Å². The minimum atomic E-state index is -0.894. The fourth-order valence-corrected chi connectivity index (χ4v) is 2.42. The summed E-state index contributed by atoms with van der Waals surface area (Å²) in [6, 6.07) is 2.53. The Kier molecular flexibility index (Phi) is 2.92. The third-order valence-corrected chi connectivity index (χ3v) is 3.93. The Labute approximate surface area is 105 Å². The van der Waals surface area contributed by atoms with E-state index in [0.29, 0.717) is 5.56 Å². The lowest BCUT2D eigenvalue weighted by molar-refractivity contribution is -0.147. The molecule has 2 atom stereocenters. The third-order valence-electron chi connectivity index (χ3n) is 3.93. The summed E-state index contributed by atoms with van der Waals surface area (Å²) in [5.74, 6) is -2.78. The Morgan fingerprint density at radius 2 is 1.89 bits per heavy atom. The molecule has 0 N–H and O–H groups in total. The molecule has 1 saturated heterocycles. The van der Waals surface area contributed by atoms with Crippen molar-refractivity contribution in [1.29, 1.82) is 0 Å². The quantitative estimate of drug-likeness (QED) is 0.718. The monoisotopic (exact) mass is 254 g/mol. The van der Waals surface area contributed by atoms with Crippen LogP contribution in [-0.2, 0) is 9.53 Å². The topological polar surface area (TPSA) is 26.3 Å². The summed E-state index contributed by atoms with van der Waals surface area (Å²) in [4.78, 5) is 11.9. The highest BCUT2D eigenvalue weighted by atomic mass is 19.2. The molecule has 98 valence electrons. The number of carbonyl (C=O) groups excluding carboxylic acids is 1. The molecule has 1 aliphatic rings. The highest BCUT2D eigenvalue weighted by Crippen LogP contribution is 2.43. The van der Waals surface area contributed by atoms with Crippen LogP contribution in [0.2, 0.25) is 0 Å². The summed E-state index contributed by atoms with van der Waals surface area (Å²) in [6.07, 6.45) is 0. The summed E-state index contributed by atoms with van der Waals surface area (Å²) < 4.78 is 32.0. The van der Waals surface area contributed by atoms with Gasteiger partial charge in [-0.3, -0.25) is 4.79 Å². The van der Waals surface area contributed by atoms with Crippen molar-refractivity contribution in [2.24, 2.45) is 5.92 Å². The number of halogens is 2. The van der Waals surface area contributed by atoms with E-state index in [9.17, 15) is 13.6 Å². The first kappa shape index (κ1) is 13.0. The first-order valence-electron chi connectivity index (χ1n) is 5.93. The smallest absolute Gasteiger partial charge is 0.314 e. The van der Waals surface area contributed by atoms with Crippen molar-refractivity contribution in [1.82, 2.24) is 0 Å². The van der Waals surface area contributed by atoms with Gasteiger partial charge in [0.1, 0.15) is 5.60 Å². The van der Waals surface area contributed by atoms with E-state index >= 15 is 0 Å². The van der Waals surface area contributed by atoms with Gasteiger partial charge in [0.2, 0.25) is 0 Å². The Morgan fingerprint density at radius 1 is 1.28 bits per heavy atom. The van der Waals surface area contributed by atoms with Crippen LogP contribution in [0.1, 0.15) is 37.8 Å². The maximum absolute atomic E-state index is 13.6. The number of cyclic esters (lactones) is 1. The molecule has 2 rings (SSSR count). The molecule has 18 heavy (non-hydrogen) atoms. The maximum atomic E-state index is 13.6. The van der Waals surface area contributed by atoms with Gasteiger partial charge in [-0.25, -0.2) is 8.78 Å². The van der Waals surface area contributed by atoms with Crippen LogP contribution in [0.3, 0.4) is 0 Å². The lowest BCUT2D eigenvalue weighted by atomic mass is 9.79. The number of carbonyl (C=O) groups is 1. The predicted molar refractivity (Wildman–Crippen MR) is 63.2 cm³/mol. The summed E-state index contributed by atoms with van der Waals surface area (Å²) >= 11 is 0. The number of hydrogen-bond acceptors (Lipinski definition) is 2. The Morgan fingerprint density at radius 3 is 2.39 bits per heavy atom. The fourth-order valence-electron chi connectivity index (χ4n) is 2.42. The van der Waals surface area contributed by atoms with Crippen LogP contribution >= 0.6 is 0 Å². The Hall–Kier alpha value is -1.45. The van der Waals surface area contributed by atoms with Gasteiger partial charge in [-0.05, 0) is 38.0 Å². The van der Waals surface area contributed by atoms with Crippen molar-refractivity contribution in [3.05, 3.63) is 34.9 Å². The average Bonchev–Trinajstić information content (AvgIpc) is 2.47. The highest BCUT2D eigenvalue weighted by molar-refractivity contribution is 5.82. The van der Waals surface area contributed by atoms with Gasteiger partial charge in [0.15, 0.2) is 11.6 Å². The molecule has 2 nitrogen and oxygen atoms in total. The third kappa shape index (κ3) is 1.80. The van der Waals surface area contributed by atoms with Gasteiger partial charge < -0.3 is 4.74 Å². The molecule has 0 amide bonds. The van der Waals surface area contributed by atoms with Gasteiger partial charge in [0, 0.05) is 5.92 Å². The second kappa shape index (κ2) is 4.04. The van der Waals surface area contributed by atoms with Gasteiger partial charge in [-0.15, -0.1) is 0 Å². The van der Waals surface area contributed by atoms with Crippen molar-refractivity contribution >= 4 is 5.97 Å². The first-order valence-corrected chi connectivity index (χ1v) is 5.93. The average molecular weight is 254 g/mol. The van der Waals surface area contributed by atoms with Crippen molar-refractivity contribution < 1.29 is 18.3 Å². The Bertz CT molecular complexity index is 509. The van der Waals surface area contributed by atoms with Crippen molar-refractivity contribution in [3.8, 4) is 0 Å². The lowest BCUT2D eigenvalue weighted by Gasteiger charge is -2.23. The maximum Gasteiger partial charge on any atom is 0.314 e. The van der Waals surface area contributed by atoms with E-state index in [2.05, 4.69) is 0 Å². The second-order valence-corrected chi connectivity index (χ2v) is 5.37. The number of ether oxygens (including phenoxy) is 1. The normalized spacial score (nSPS) is 26.2. The van der Waals surface area contributed by atoms with Gasteiger partial charge in [-0.1, -0.05) is 13.0 Å². The fraction of sp³-hybridized carbons (Fsp3) is 0.500. The van der Waals surface area contributed by atoms with E-state index in [0.717, 1.165) is 6.07 Å². The summed E-state index contributed by atoms with van der Waals surface area (Å²) in [7, 11) is 0. The zero-order chi connectivity index (χ0) is 13.7. The van der Waals surface area contributed by atoms with E-state index in [4.69, 9.17) is 4.74 Å². The predicted octanol–water partition coefficient (Wildman–Crippen LogP) is 3.33. The van der Waals surface area contributed by atoms with Crippen molar-refractivity contribution in [2.45, 2.75) is 39.2 Å². The lowest BCUT2D eigenvalue weighted by Crippen LogP contribution is -2.27. The molecular formula is C14H16F2O2. The highest BCUT2D eigenvalue weighted by Gasteiger charge is 2.48. The van der Waals surface area contributed by atoms with Crippen LogP contribution in [0.5, 0.6) is 0 Å². The summed E-state index contributed by atoms with van der Waals surface area (Å²) in [5, 5.41) is 0. The van der Waals surface area contributed by atoms with Crippen LogP contribution in [0.15, 0.2) is 12.1 Å². The first-order chi connectivity index (χ1) is 8.25. The molecule has 1 aromatic rings. The van der Waals surface area contributed by atoms with Crippen LogP contribution < -0.4 is 0 Å². The number of esters is 1. The zero-order valence-electron chi connectivity index (χ0n) is 10.9. The molecule has 0 spiro atoms. The number of hydrogen-bond donors (Lipinski definition) is 0. The molecular weight excluding hydrogens is 238 g/mol. The van der Waals surface area contributed by atoms with E-state index in [1.54, 1.807) is 0 Å². The molecule has 0 unspecified atom stereocenters. The summed E-state index contributed by atoms with van der Waals surface area (Å²) in [6.45, 7) is 7.02. The Balaban J connectivity index is 2.51. The van der Waals surface area contributed by atoms with Gasteiger partial charge >= 0.3 is 5.97 Å². The van der Waals surface area contributed by atoms with Gasteiger partial charge in [0.25, 0.3) is 0 Å². The van der Waals surface area contributed by atoms with E-state index in [1.165, 1.54) is 13.0 Å². The van der Waals surface area contributed by atoms with Crippen molar-refractivity contribution in [2.75, 3.05) is 0 Å². The SMILES string of the molecule is Cc1c([C@H]2C(=O)OC(C)(C)[C@H]2C)ccc(F)c1F. The van der Waals surface area contributed by atoms with Crippen LogP contribution in [0, 0.1) is 24.5 Å². The molecule has 4 heteroatoms. The standard InChI is InChI=1S/C14H16F2O2/c1-7-9(5-6-10(15)12(7)16)11-8(2)14(3,4)18-13(11)17/h5-6,8,11H,1-4H3/t8-,11-/m0/s1. The molecule has 1 aliphatic heterocycles. The number of benzene rings is 1. The minimum absolute atomic E-state index is 0.0893. The minimum Gasteiger partial charge on any atom is -0.459 e. The van der Waals surface area contributed by atoms with Crippen LogP contribution in [0.25, 0.3) is 0 Å². The van der Waals surface area contributed by atoms with E-state index in [1.807, 2.05) is 20.8 Å². The molecule has 0 aliphatic carbocycles. The van der Waals surface area contributed by atoms with Crippen molar-refractivity contribution in [3.63, 3.8) is 0 Å². The van der Waals surface area contributed by atoms with Crippen LogP contribution in [0.4, 0.5) is 8.78 Å². The molecule has 1 heterocycles. The molecule has 0 radical (unpaired) electrons. The number of rotatable bonds is 1. The molecule has 0 aromatic heterocycles. The molecule has 1 aromatic carbocycles. The van der Waals surface area contributed by atoms with Crippen LogP contribution in [-0.4, -0.2) is 11.6 Å². The molecule has 0 saturated carbocycles.